The van der Waals surface area contributed by atoms with Crippen LogP contribution < -0.4 is 29.7 Å². The minimum Gasteiger partial charge on any atom is -0.493 e. The second kappa shape index (κ2) is 12.8. The molecule has 0 spiro atoms. The van der Waals surface area contributed by atoms with Crippen LogP contribution in [0.15, 0.2) is 35.4 Å². The van der Waals surface area contributed by atoms with E-state index in [2.05, 4.69) is 21.8 Å². The predicted octanol–water partition coefficient (Wildman–Crippen LogP) is 2.65. The van der Waals surface area contributed by atoms with E-state index in [1.807, 2.05) is 6.92 Å². The van der Waals surface area contributed by atoms with Crippen LogP contribution in [0.1, 0.15) is 22.8 Å². The Morgan fingerprint density at radius 1 is 1.12 bits per heavy atom. The number of methoxy groups -OCH3 is 2. The van der Waals surface area contributed by atoms with Gasteiger partial charge in [-0.25, -0.2) is 5.43 Å². The summed E-state index contributed by atoms with van der Waals surface area (Å²) < 4.78 is 21.3. The lowest BCUT2D eigenvalue weighted by Gasteiger charge is -2.12. The number of nitrogens with one attached hydrogen (secondary N) is 2. The van der Waals surface area contributed by atoms with Gasteiger partial charge in [-0.2, -0.15) is 5.10 Å². The second-order valence-corrected chi connectivity index (χ2v) is 6.71. The summed E-state index contributed by atoms with van der Waals surface area (Å²) in [5, 5.41) is 6.66. The maximum atomic E-state index is 12.3. The van der Waals surface area contributed by atoms with Crippen LogP contribution in [-0.4, -0.2) is 52.0 Å². The summed E-state index contributed by atoms with van der Waals surface area (Å²) in [6.45, 7) is 1.96. The van der Waals surface area contributed by atoms with E-state index < -0.39 is 11.8 Å². The fraction of sp³-hybridized carbons (Fsp3) is 0.261. The predicted molar refractivity (Wildman–Crippen MR) is 125 cm³/mol. The van der Waals surface area contributed by atoms with E-state index in [0.29, 0.717) is 40.7 Å². The van der Waals surface area contributed by atoms with Crippen LogP contribution in [-0.2, 0) is 4.79 Å². The summed E-state index contributed by atoms with van der Waals surface area (Å²) in [5.41, 5.74) is 3.20. The Kier molecular flexibility index (Phi) is 9.86. The van der Waals surface area contributed by atoms with Crippen LogP contribution in [0.25, 0.3) is 0 Å². The number of amides is 2. The first-order valence-corrected chi connectivity index (χ1v) is 10.2. The molecule has 2 amide bonds. The lowest BCUT2D eigenvalue weighted by Crippen LogP contribution is -2.34. The van der Waals surface area contributed by atoms with E-state index in [9.17, 15) is 9.59 Å². The molecular formula is C23H24ClN3O6. The third-order valence-corrected chi connectivity index (χ3v) is 4.37. The van der Waals surface area contributed by atoms with Crippen LogP contribution in [0.4, 0.5) is 0 Å². The van der Waals surface area contributed by atoms with Gasteiger partial charge in [0.15, 0.2) is 23.0 Å². The molecule has 0 atom stereocenters. The van der Waals surface area contributed by atoms with E-state index in [4.69, 9.17) is 37.0 Å². The first-order chi connectivity index (χ1) is 15.9. The molecule has 0 saturated carbocycles. The molecule has 33 heavy (non-hydrogen) atoms. The topological polar surface area (TPSA) is 107 Å². The van der Waals surface area contributed by atoms with Crippen LogP contribution in [0.5, 0.6) is 23.0 Å². The Hall–Kier alpha value is -3.90. The van der Waals surface area contributed by atoms with Crippen LogP contribution in [0.3, 0.4) is 0 Å². The molecule has 10 heteroatoms. The molecule has 2 aromatic rings. The van der Waals surface area contributed by atoms with Gasteiger partial charge >= 0.3 is 0 Å². The highest BCUT2D eigenvalue weighted by molar-refractivity contribution is 6.32. The zero-order valence-corrected chi connectivity index (χ0v) is 19.2. The van der Waals surface area contributed by atoms with Gasteiger partial charge in [0.2, 0.25) is 0 Å². The van der Waals surface area contributed by atoms with Crippen molar-refractivity contribution < 1.29 is 28.5 Å². The molecule has 174 valence electrons. The van der Waals surface area contributed by atoms with Crippen molar-refractivity contribution >= 4 is 29.6 Å². The van der Waals surface area contributed by atoms with E-state index in [1.165, 1.54) is 26.5 Å². The number of terminal acetylenes is 1. The first-order valence-electron chi connectivity index (χ1n) is 9.78. The lowest BCUT2D eigenvalue weighted by molar-refractivity contribution is -0.120. The molecule has 0 fully saturated rings. The number of benzene rings is 2. The van der Waals surface area contributed by atoms with Gasteiger partial charge in [0.25, 0.3) is 11.8 Å². The molecular weight excluding hydrogens is 450 g/mol. The molecule has 2 N–H and O–H groups in total. The van der Waals surface area contributed by atoms with Gasteiger partial charge in [-0.05, 0) is 42.8 Å². The Bertz CT molecular complexity index is 1060. The zero-order valence-electron chi connectivity index (χ0n) is 18.4. The van der Waals surface area contributed by atoms with Crippen LogP contribution in [0.2, 0.25) is 5.02 Å². The highest BCUT2D eigenvalue weighted by Crippen LogP contribution is 2.36. The van der Waals surface area contributed by atoms with Crippen molar-refractivity contribution in [1.29, 1.82) is 0 Å². The molecule has 0 aromatic heterocycles. The summed E-state index contributed by atoms with van der Waals surface area (Å²) in [4.78, 5) is 24.3. The normalized spacial score (nSPS) is 10.3. The Morgan fingerprint density at radius 2 is 1.88 bits per heavy atom. The summed E-state index contributed by atoms with van der Waals surface area (Å²) in [6.07, 6.45) is 6.60. The highest BCUT2D eigenvalue weighted by atomic mass is 35.5. The Morgan fingerprint density at radius 3 is 2.55 bits per heavy atom. The molecule has 9 nitrogen and oxygen atoms in total. The summed E-state index contributed by atoms with van der Waals surface area (Å²) >= 11 is 6.24. The van der Waals surface area contributed by atoms with E-state index >= 15 is 0 Å². The monoisotopic (exact) mass is 473 g/mol. The Balaban J connectivity index is 1.96. The van der Waals surface area contributed by atoms with Gasteiger partial charge in [0.05, 0.1) is 38.6 Å². The molecule has 2 aromatic carbocycles. The number of hydrogen-bond acceptors (Lipinski definition) is 7. The molecule has 0 bridgehead atoms. The Labute approximate surface area is 197 Å². The second-order valence-electron chi connectivity index (χ2n) is 6.30. The minimum absolute atomic E-state index is 0.0400. The van der Waals surface area contributed by atoms with Crippen molar-refractivity contribution in [2.75, 3.05) is 34.0 Å². The van der Waals surface area contributed by atoms with Crippen molar-refractivity contribution in [3.05, 3.63) is 46.5 Å². The van der Waals surface area contributed by atoms with Gasteiger partial charge < -0.3 is 24.3 Å². The fourth-order valence-corrected chi connectivity index (χ4v) is 2.91. The number of rotatable bonds is 11. The maximum absolute atomic E-state index is 12.3. The third kappa shape index (κ3) is 7.33. The van der Waals surface area contributed by atoms with E-state index in [0.717, 1.165) is 0 Å². The molecule has 2 rings (SSSR count). The number of hydrazone groups is 1. The van der Waals surface area contributed by atoms with Crippen molar-refractivity contribution in [3.63, 3.8) is 0 Å². The smallest absolute Gasteiger partial charge is 0.259 e. The average molecular weight is 474 g/mol. The largest absolute Gasteiger partial charge is 0.493 e. The number of hydrogen-bond donors (Lipinski definition) is 2. The minimum atomic E-state index is -0.523. The maximum Gasteiger partial charge on any atom is 0.259 e. The summed E-state index contributed by atoms with van der Waals surface area (Å²) in [6, 6.07) is 7.91. The van der Waals surface area contributed by atoms with Gasteiger partial charge in [-0.15, -0.1) is 6.42 Å². The fourth-order valence-electron chi connectivity index (χ4n) is 2.64. The standard InChI is InChI=1S/C23H24ClN3O6/c1-5-9-33-22-17(24)10-15(11-20(22)32-6-2)13-26-27-21(28)14-25-23(29)16-7-8-18(30-3)19(12-16)31-4/h1,7-8,10-13H,6,9,14H2,2-4H3,(H,25,29)(H,27,28)/b26-13-. The SMILES string of the molecule is C#CCOc1c(Cl)cc(/C=N\NC(=O)CNC(=O)c2ccc(OC)c(OC)c2)cc1OCC. The van der Waals surface area contributed by atoms with E-state index in [-0.39, 0.29) is 18.2 Å². The molecule has 0 radical (unpaired) electrons. The molecule has 0 aliphatic carbocycles. The number of ether oxygens (including phenoxy) is 4. The molecule has 0 aliphatic rings. The molecule has 0 unspecified atom stereocenters. The first kappa shape index (κ1) is 25.4. The number of carbonyl (C=O) groups is 2. The highest BCUT2D eigenvalue weighted by Gasteiger charge is 2.13. The van der Waals surface area contributed by atoms with Crippen molar-refractivity contribution in [3.8, 4) is 35.3 Å². The van der Waals surface area contributed by atoms with Gasteiger partial charge in [0.1, 0.15) is 6.61 Å². The van der Waals surface area contributed by atoms with Crippen molar-refractivity contribution in [2.45, 2.75) is 6.92 Å². The van der Waals surface area contributed by atoms with Gasteiger partial charge in [-0.3, -0.25) is 9.59 Å². The zero-order chi connectivity index (χ0) is 24.2. The lowest BCUT2D eigenvalue weighted by atomic mass is 10.2. The van der Waals surface area contributed by atoms with Crippen molar-refractivity contribution in [1.82, 2.24) is 10.7 Å². The number of nitrogens with zero attached hydrogens (tertiary/aromatic N) is 1. The molecule has 0 heterocycles. The van der Waals surface area contributed by atoms with E-state index in [1.54, 1.807) is 24.3 Å². The van der Waals surface area contributed by atoms with Crippen molar-refractivity contribution in [2.24, 2.45) is 5.10 Å². The van der Waals surface area contributed by atoms with Gasteiger partial charge in [-0.1, -0.05) is 17.5 Å². The number of carbonyl (C=O) groups excluding carboxylic acids is 2. The quantitative estimate of drug-likeness (QED) is 0.295. The summed E-state index contributed by atoms with van der Waals surface area (Å²) in [5.74, 6) is 3.01. The summed E-state index contributed by atoms with van der Waals surface area (Å²) in [7, 11) is 2.96. The number of halogens is 1. The molecule has 0 aliphatic heterocycles. The molecule has 0 saturated heterocycles. The van der Waals surface area contributed by atoms with Crippen LogP contribution in [0, 0.1) is 12.3 Å². The van der Waals surface area contributed by atoms with Gasteiger partial charge in [0, 0.05) is 5.56 Å². The third-order valence-electron chi connectivity index (χ3n) is 4.09. The average Bonchev–Trinajstić information content (AvgIpc) is 2.81. The van der Waals surface area contributed by atoms with Crippen LogP contribution >= 0.6 is 11.6 Å².